The van der Waals surface area contributed by atoms with E-state index in [-0.39, 0.29) is 42.7 Å². The Morgan fingerprint density at radius 3 is 2.30 bits per heavy atom. The Balaban J connectivity index is 1.63. The fourth-order valence-corrected chi connectivity index (χ4v) is 8.06. The first-order valence-corrected chi connectivity index (χ1v) is 16.1. The third kappa shape index (κ3) is 5.33. The summed E-state index contributed by atoms with van der Waals surface area (Å²) in [5, 5.41) is 10.6. The molecule has 2 aromatic carbocycles. The topological polar surface area (TPSA) is 99.6 Å². The monoisotopic (exact) mass is 629 g/mol. The number of ether oxygens (including phenoxy) is 2. The van der Waals surface area contributed by atoms with Gasteiger partial charge in [-0.2, -0.15) is 0 Å². The molecule has 3 aliphatic heterocycles. The molecule has 1 spiro atoms. The number of carbonyl (C=O) groups excluding carboxylic acids is 3. The molecule has 0 aliphatic carbocycles. The lowest BCUT2D eigenvalue weighted by atomic mass is 9.62. The lowest BCUT2D eigenvalue weighted by Gasteiger charge is -2.40. The lowest BCUT2D eigenvalue weighted by Crippen LogP contribution is -2.60. The minimum absolute atomic E-state index is 0.122. The second kappa shape index (κ2) is 13.0. The third-order valence-corrected chi connectivity index (χ3v) is 10.4. The Morgan fingerprint density at radius 2 is 1.74 bits per heavy atom. The average molecular weight is 630 g/mol. The van der Waals surface area contributed by atoms with Crippen LogP contribution in [0.25, 0.3) is 0 Å². The van der Waals surface area contributed by atoms with E-state index in [0.717, 1.165) is 5.56 Å². The van der Waals surface area contributed by atoms with E-state index in [2.05, 4.69) is 13.2 Å². The number of fused-ring (bicyclic) bond motifs is 1. The molecule has 46 heavy (non-hydrogen) atoms. The van der Waals surface area contributed by atoms with E-state index < -0.39 is 35.1 Å². The summed E-state index contributed by atoms with van der Waals surface area (Å²) >= 11 is 0. The zero-order chi connectivity index (χ0) is 33.4. The molecule has 9 nitrogen and oxygen atoms in total. The quantitative estimate of drug-likeness (QED) is 0.329. The first kappa shape index (κ1) is 33.4. The number of aliphatic hydroxyl groups excluding tert-OH is 1. The van der Waals surface area contributed by atoms with Gasteiger partial charge in [-0.3, -0.25) is 14.4 Å². The first-order chi connectivity index (χ1) is 22.0. The molecule has 3 amide bonds. The van der Waals surface area contributed by atoms with Crippen LogP contribution < -0.4 is 9.64 Å². The summed E-state index contributed by atoms with van der Waals surface area (Å²) in [6, 6.07) is 15.1. The van der Waals surface area contributed by atoms with Gasteiger partial charge in [0.15, 0.2) is 0 Å². The molecule has 9 heteroatoms. The van der Waals surface area contributed by atoms with Crippen molar-refractivity contribution < 1.29 is 29.0 Å². The number of hydrogen-bond acceptors (Lipinski definition) is 6. The van der Waals surface area contributed by atoms with Crippen molar-refractivity contribution in [2.45, 2.75) is 63.9 Å². The van der Waals surface area contributed by atoms with Gasteiger partial charge in [-0.15, -0.1) is 13.2 Å². The zero-order valence-corrected chi connectivity index (χ0v) is 27.6. The number of anilines is 1. The molecule has 5 rings (SSSR count). The summed E-state index contributed by atoms with van der Waals surface area (Å²) in [7, 11) is 1.58. The highest BCUT2D eigenvalue weighted by Crippen LogP contribution is 2.66. The van der Waals surface area contributed by atoms with E-state index >= 15 is 0 Å². The summed E-state index contributed by atoms with van der Waals surface area (Å²) in [5.41, 5.74) is -0.665. The van der Waals surface area contributed by atoms with E-state index in [9.17, 15) is 19.5 Å². The summed E-state index contributed by atoms with van der Waals surface area (Å²) < 4.78 is 12.3. The van der Waals surface area contributed by atoms with Crippen molar-refractivity contribution in [2.24, 2.45) is 23.7 Å². The van der Waals surface area contributed by atoms with Crippen LogP contribution in [0.4, 0.5) is 5.69 Å². The van der Waals surface area contributed by atoms with Gasteiger partial charge in [0.2, 0.25) is 11.8 Å². The Morgan fingerprint density at radius 1 is 1.09 bits per heavy atom. The molecule has 0 aromatic heterocycles. The summed E-state index contributed by atoms with van der Waals surface area (Å²) in [5.74, 6) is -2.23. The highest BCUT2D eigenvalue weighted by atomic mass is 16.5. The summed E-state index contributed by atoms with van der Waals surface area (Å²) in [4.78, 5) is 49.4. The number of methoxy groups -OCH3 is 1. The molecule has 7 atom stereocenters. The van der Waals surface area contributed by atoms with E-state index in [1.807, 2.05) is 58.0 Å². The molecule has 2 aromatic rings. The van der Waals surface area contributed by atoms with E-state index in [0.29, 0.717) is 30.9 Å². The van der Waals surface area contributed by atoms with Crippen LogP contribution in [-0.2, 0) is 25.7 Å². The van der Waals surface area contributed by atoms with Crippen molar-refractivity contribution >= 4 is 23.4 Å². The van der Waals surface area contributed by atoms with Crippen LogP contribution in [0.1, 0.15) is 39.7 Å². The predicted octanol–water partition coefficient (Wildman–Crippen LogP) is 4.46. The second-order valence-corrected chi connectivity index (χ2v) is 13.4. The van der Waals surface area contributed by atoms with Gasteiger partial charge in [0.25, 0.3) is 5.91 Å². The van der Waals surface area contributed by atoms with Crippen molar-refractivity contribution in [1.82, 2.24) is 9.80 Å². The minimum Gasteiger partial charge on any atom is -0.497 e. The maximum Gasteiger partial charge on any atom is 0.253 e. The van der Waals surface area contributed by atoms with Crippen LogP contribution in [0.3, 0.4) is 0 Å². The number of likely N-dealkylation sites (tertiary alicyclic amines) is 1. The molecular formula is C37H47N3O6. The number of benzene rings is 2. The van der Waals surface area contributed by atoms with Gasteiger partial charge in [-0.1, -0.05) is 63.3 Å². The standard InChI is InChI=1S/C37H47N3O6/c1-8-19-38(22-26-13-11-10-12-14-26)33(42)30-31-34(43)40(29(23-41)24(3)4)32(37(31)21-25(5)36(30,6)46-37)35(44)39(20-9-2)27-15-17-28(45-7)18-16-27/h8-18,24-25,29-32,41H,1-2,19-23H2,3-7H3/t25?,29-,30-,31-,32?,36+,37?/m0/s1. The number of nitrogens with zero attached hydrogens (tertiary/aromatic N) is 3. The maximum absolute atomic E-state index is 15.0. The molecule has 0 radical (unpaired) electrons. The van der Waals surface area contributed by atoms with Crippen LogP contribution in [0.2, 0.25) is 0 Å². The van der Waals surface area contributed by atoms with Gasteiger partial charge < -0.3 is 29.3 Å². The van der Waals surface area contributed by atoms with E-state index in [1.54, 1.807) is 58.2 Å². The van der Waals surface area contributed by atoms with E-state index in [4.69, 9.17) is 9.47 Å². The highest BCUT2D eigenvalue weighted by molar-refractivity contribution is 6.05. The van der Waals surface area contributed by atoms with Gasteiger partial charge in [0, 0.05) is 25.3 Å². The zero-order valence-electron chi connectivity index (χ0n) is 27.6. The lowest BCUT2D eigenvalue weighted by molar-refractivity contribution is -0.154. The van der Waals surface area contributed by atoms with Crippen LogP contribution in [-0.4, -0.2) is 82.7 Å². The number of rotatable bonds is 13. The number of amides is 3. The molecule has 3 fully saturated rings. The van der Waals surface area contributed by atoms with Gasteiger partial charge >= 0.3 is 0 Å². The number of hydrogen-bond donors (Lipinski definition) is 1. The van der Waals surface area contributed by atoms with Crippen LogP contribution in [0, 0.1) is 23.7 Å². The summed E-state index contributed by atoms with van der Waals surface area (Å²) in [6.45, 7) is 16.1. The van der Waals surface area contributed by atoms with Gasteiger partial charge in [-0.05, 0) is 55.0 Å². The summed E-state index contributed by atoms with van der Waals surface area (Å²) in [6.07, 6.45) is 3.76. The number of carbonyl (C=O) groups is 3. The van der Waals surface area contributed by atoms with Crippen molar-refractivity contribution in [3.63, 3.8) is 0 Å². The van der Waals surface area contributed by atoms with Crippen LogP contribution in [0.15, 0.2) is 79.9 Å². The second-order valence-electron chi connectivity index (χ2n) is 13.4. The molecule has 3 aliphatic rings. The van der Waals surface area contributed by atoms with Crippen LogP contribution >= 0.6 is 0 Å². The van der Waals surface area contributed by atoms with Crippen molar-refractivity contribution in [1.29, 1.82) is 0 Å². The Bertz CT molecular complexity index is 1460. The van der Waals surface area contributed by atoms with Crippen molar-refractivity contribution in [3.8, 4) is 5.75 Å². The SMILES string of the molecule is C=CCN(Cc1ccccc1)C(=O)[C@@H]1[C@H]2C(=O)N([C@@H](CO)C(C)C)C(C(=O)N(CC=C)c3ccc(OC)cc3)C23CC(C)[C@@]1(C)O3. The number of aliphatic hydroxyl groups is 1. The molecule has 3 heterocycles. The first-order valence-electron chi connectivity index (χ1n) is 16.1. The normalized spacial score (nSPS) is 28.6. The fraction of sp³-hybridized carbons (Fsp3) is 0.486. The molecule has 2 bridgehead atoms. The molecular weight excluding hydrogens is 582 g/mol. The minimum atomic E-state index is -1.26. The van der Waals surface area contributed by atoms with Gasteiger partial charge in [-0.25, -0.2) is 0 Å². The molecule has 3 saturated heterocycles. The molecule has 1 N–H and O–H groups in total. The molecule has 246 valence electrons. The average Bonchev–Trinajstić information content (AvgIpc) is 3.56. The Hall–Kier alpha value is -3.95. The Kier molecular flexibility index (Phi) is 9.47. The van der Waals surface area contributed by atoms with Crippen molar-refractivity contribution in [2.75, 3.05) is 31.7 Å². The van der Waals surface area contributed by atoms with E-state index in [1.165, 1.54) is 0 Å². The van der Waals surface area contributed by atoms with Gasteiger partial charge in [0.05, 0.1) is 37.2 Å². The largest absolute Gasteiger partial charge is 0.497 e. The molecule has 3 unspecified atom stereocenters. The third-order valence-electron chi connectivity index (χ3n) is 10.4. The smallest absolute Gasteiger partial charge is 0.253 e. The highest BCUT2D eigenvalue weighted by Gasteiger charge is 2.80. The van der Waals surface area contributed by atoms with Gasteiger partial charge in [0.1, 0.15) is 17.4 Å². The Labute approximate surface area is 272 Å². The predicted molar refractivity (Wildman–Crippen MR) is 177 cm³/mol. The van der Waals surface area contributed by atoms with Crippen LogP contribution in [0.5, 0.6) is 5.75 Å². The fourth-order valence-electron chi connectivity index (χ4n) is 8.06. The molecule has 0 saturated carbocycles. The van der Waals surface area contributed by atoms with Crippen molar-refractivity contribution in [3.05, 3.63) is 85.5 Å². The maximum atomic E-state index is 15.0.